The Labute approximate surface area is 106 Å². The summed E-state index contributed by atoms with van der Waals surface area (Å²) in [5.74, 6) is 1.58. The molecule has 17 heavy (non-hydrogen) atoms. The molecular formula is C9H13N2O3P3. The summed E-state index contributed by atoms with van der Waals surface area (Å²) in [6.07, 6.45) is 0.269. The maximum Gasteiger partial charge on any atom is 0.155 e. The van der Waals surface area contributed by atoms with Crippen molar-refractivity contribution >= 4 is 26.9 Å². The van der Waals surface area contributed by atoms with Crippen molar-refractivity contribution in [1.82, 2.24) is 4.86 Å². The average molecular weight is 290 g/mol. The molecule has 1 N–H and O–H groups in total. The van der Waals surface area contributed by atoms with E-state index in [9.17, 15) is 0 Å². The van der Waals surface area contributed by atoms with Gasteiger partial charge in [-0.1, -0.05) is 6.07 Å². The molecule has 1 saturated heterocycles. The highest BCUT2D eigenvalue weighted by molar-refractivity contribution is 7.46. The lowest BCUT2D eigenvalue weighted by Crippen LogP contribution is -2.03. The minimum Gasteiger partial charge on any atom is -0.491 e. The SMILES string of the molecule is PN=PNPOc1cccc(OCC2CO2)c1. The van der Waals surface area contributed by atoms with Crippen LogP contribution in [0.3, 0.4) is 0 Å². The van der Waals surface area contributed by atoms with E-state index >= 15 is 0 Å². The van der Waals surface area contributed by atoms with Gasteiger partial charge >= 0.3 is 0 Å². The molecular weight excluding hydrogens is 277 g/mol. The summed E-state index contributed by atoms with van der Waals surface area (Å²) in [7, 11) is 3.24. The van der Waals surface area contributed by atoms with Crippen LogP contribution in [-0.4, -0.2) is 19.3 Å². The average Bonchev–Trinajstić information content (AvgIpc) is 3.17. The van der Waals surface area contributed by atoms with Gasteiger partial charge in [0.1, 0.15) is 32.7 Å². The molecule has 1 aliphatic heterocycles. The molecule has 1 heterocycles. The van der Waals surface area contributed by atoms with Gasteiger partial charge in [-0.15, -0.1) is 0 Å². The van der Waals surface area contributed by atoms with Crippen molar-refractivity contribution in [1.29, 1.82) is 0 Å². The van der Waals surface area contributed by atoms with Gasteiger partial charge in [0.15, 0.2) is 8.96 Å². The highest BCUT2D eigenvalue weighted by atomic mass is 31.1. The Balaban J connectivity index is 1.77. The molecule has 1 aromatic carbocycles. The van der Waals surface area contributed by atoms with Gasteiger partial charge in [-0.2, -0.15) is 0 Å². The monoisotopic (exact) mass is 290 g/mol. The smallest absolute Gasteiger partial charge is 0.155 e. The van der Waals surface area contributed by atoms with E-state index in [2.05, 4.69) is 18.8 Å². The molecule has 0 bridgehead atoms. The van der Waals surface area contributed by atoms with Crippen LogP contribution in [0.15, 0.2) is 28.8 Å². The molecule has 0 aliphatic carbocycles. The summed E-state index contributed by atoms with van der Waals surface area (Å²) in [6, 6.07) is 7.57. The predicted molar refractivity (Wildman–Crippen MR) is 72.8 cm³/mol. The number of rotatable bonds is 7. The summed E-state index contributed by atoms with van der Waals surface area (Å²) in [5.41, 5.74) is 0. The van der Waals surface area contributed by atoms with E-state index in [1.165, 1.54) is 0 Å². The minimum absolute atomic E-state index is 0.173. The van der Waals surface area contributed by atoms with Gasteiger partial charge in [0.05, 0.1) is 6.61 Å². The Morgan fingerprint density at radius 3 is 3.18 bits per heavy atom. The van der Waals surface area contributed by atoms with E-state index in [1.807, 2.05) is 24.3 Å². The molecule has 1 fully saturated rings. The first kappa shape index (κ1) is 13.1. The van der Waals surface area contributed by atoms with Gasteiger partial charge in [-0.25, -0.2) is 9.37 Å². The largest absolute Gasteiger partial charge is 0.491 e. The molecule has 0 spiro atoms. The Morgan fingerprint density at radius 1 is 1.59 bits per heavy atom. The second kappa shape index (κ2) is 7.20. The van der Waals surface area contributed by atoms with Crippen LogP contribution in [0.5, 0.6) is 11.5 Å². The molecule has 0 aromatic heterocycles. The number of nitrogens with zero attached hydrogens (tertiary/aromatic N) is 1. The molecule has 3 atom stereocenters. The Hall–Kier alpha value is -0.300. The molecule has 92 valence electrons. The van der Waals surface area contributed by atoms with Crippen LogP contribution in [0, 0.1) is 0 Å². The fourth-order valence-corrected chi connectivity index (χ4v) is 2.45. The Bertz CT molecular complexity index is 388. The fourth-order valence-electron chi connectivity index (χ4n) is 1.11. The van der Waals surface area contributed by atoms with Gasteiger partial charge in [-0.05, 0) is 21.5 Å². The predicted octanol–water partition coefficient (Wildman–Crippen LogP) is 2.78. The van der Waals surface area contributed by atoms with E-state index in [-0.39, 0.29) is 15.1 Å². The number of nitrogens with one attached hydrogen (secondary N) is 1. The van der Waals surface area contributed by atoms with Crippen LogP contribution >= 0.6 is 26.9 Å². The maximum atomic E-state index is 5.55. The molecule has 2 rings (SSSR count). The van der Waals surface area contributed by atoms with Crippen molar-refractivity contribution in [2.45, 2.75) is 6.10 Å². The standard InChI is InChI=1S/C9H13N2O3P3/c15-10-16-11-17-14-8-3-1-2-7(4-8)12-5-9-6-13-9/h1-4,9,17H,5-6,15H2,(H,10,11). The Morgan fingerprint density at radius 2 is 2.41 bits per heavy atom. The number of benzene rings is 1. The van der Waals surface area contributed by atoms with Crippen LogP contribution in [0.4, 0.5) is 0 Å². The van der Waals surface area contributed by atoms with E-state index in [1.54, 1.807) is 0 Å². The van der Waals surface area contributed by atoms with Crippen molar-refractivity contribution in [3.63, 3.8) is 0 Å². The van der Waals surface area contributed by atoms with E-state index in [4.69, 9.17) is 14.0 Å². The van der Waals surface area contributed by atoms with Crippen LogP contribution in [-0.2, 0) is 4.74 Å². The van der Waals surface area contributed by atoms with Crippen LogP contribution < -0.4 is 14.1 Å². The van der Waals surface area contributed by atoms with Gasteiger partial charge in [0.25, 0.3) is 0 Å². The van der Waals surface area contributed by atoms with Crippen molar-refractivity contribution in [3.8, 4) is 11.5 Å². The molecule has 0 amide bonds. The third-order valence-corrected chi connectivity index (χ3v) is 3.53. The number of ether oxygens (including phenoxy) is 2. The zero-order chi connectivity index (χ0) is 11.9. The van der Waals surface area contributed by atoms with Gasteiger partial charge in [0, 0.05) is 6.07 Å². The van der Waals surface area contributed by atoms with E-state index < -0.39 is 0 Å². The van der Waals surface area contributed by atoms with Crippen LogP contribution in [0.25, 0.3) is 0 Å². The highest BCUT2D eigenvalue weighted by Crippen LogP contribution is 2.25. The number of epoxide rings is 1. The third kappa shape index (κ3) is 5.25. The number of hydrogen-bond acceptors (Lipinski definition) is 4. The zero-order valence-corrected chi connectivity index (χ0v) is 12.0. The van der Waals surface area contributed by atoms with Crippen LogP contribution in [0.1, 0.15) is 0 Å². The maximum absolute atomic E-state index is 5.55. The van der Waals surface area contributed by atoms with Crippen molar-refractivity contribution in [3.05, 3.63) is 24.3 Å². The van der Waals surface area contributed by atoms with Gasteiger partial charge < -0.3 is 14.0 Å². The molecule has 0 saturated carbocycles. The molecule has 3 unspecified atom stereocenters. The van der Waals surface area contributed by atoms with Gasteiger partial charge in [0.2, 0.25) is 0 Å². The molecule has 8 heteroatoms. The summed E-state index contributed by atoms with van der Waals surface area (Å²) in [6.45, 7) is 1.41. The van der Waals surface area contributed by atoms with E-state index in [0.717, 1.165) is 26.6 Å². The second-order valence-corrected chi connectivity index (χ2v) is 5.70. The minimum atomic E-state index is 0.173. The number of hydrogen-bond donors (Lipinski definition) is 1. The first-order valence-electron chi connectivity index (χ1n) is 5.00. The summed E-state index contributed by atoms with van der Waals surface area (Å²) < 4.78 is 19.9. The summed E-state index contributed by atoms with van der Waals surface area (Å²) in [5, 5.41) is 0. The van der Waals surface area contributed by atoms with Gasteiger partial charge in [-0.3, -0.25) is 0 Å². The van der Waals surface area contributed by atoms with Crippen molar-refractivity contribution in [2.24, 2.45) is 4.52 Å². The van der Waals surface area contributed by atoms with Crippen molar-refractivity contribution < 1.29 is 14.0 Å². The molecule has 0 radical (unpaired) electrons. The Kier molecular flexibility index (Phi) is 5.57. The lowest BCUT2D eigenvalue weighted by Gasteiger charge is -2.07. The first-order chi connectivity index (χ1) is 8.38. The topological polar surface area (TPSA) is 55.4 Å². The van der Waals surface area contributed by atoms with Crippen molar-refractivity contribution in [2.75, 3.05) is 13.2 Å². The van der Waals surface area contributed by atoms with Crippen LogP contribution in [0.2, 0.25) is 0 Å². The normalized spacial score (nSPS) is 19.0. The molecule has 1 aromatic rings. The highest BCUT2D eigenvalue weighted by Gasteiger charge is 2.22. The first-order valence-corrected chi connectivity index (χ1v) is 7.27. The molecule has 5 nitrogen and oxygen atoms in total. The molecule has 1 aliphatic rings. The quantitative estimate of drug-likeness (QED) is 0.476. The second-order valence-electron chi connectivity index (χ2n) is 3.27. The summed E-state index contributed by atoms with van der Waals surface area (Å²) in [4.78, 5) is 2.99. The lowest BCUT2D eigenvalue weighted by atomic mass is 10.3. The summed E-state index contributed by atoms with van der Waals surface area (Å²) >= 11 is 0. The lowest BCUT2D eigenvalue weighted by molar-refractivity contribution is 0.262. The zero-order valence-electron chi connectivity index (χ0n) is 9.00. The third-order valence-electron chi connectivity index (χ3n) is 1.97. The fraction of sp³-hybridized carbons (Fsp3) is 0.333. The van der Waals surface area contributed by atoms with E-state index in [0.29, 0.717) is 6.61 Å².